The first kappa shape index (κ1) is 17.7. The summed E-state index contributed by atoms with van der Waals surface area (Å²) in [4.78, 5) is 24.1. The molecule has 0 bridgehead atoms. The van der Waals surface area contributed by atoms with Crippen molar-refractivity contribution in [2.24, 2.45) is 29.1 Å². The topological polar surface area (TPSA) is 43.4 Å². The Morgan fingerprint density at radius 3 is 2.70 bits per heavy atom. The highest BCUT2D eigenvalue weighted by Crippen LogP contribution is 2.68. The lowest BCUT2D eigenvalue weighted by Gasteiger charge is -2.57. The first-order valence-electron chi connectivity index (χ1n) is 11.2. The minimum atomic E-state index is -0.343. The van der Waals surface area contributed by atoms with E-state index in [4.69, 9.17) is 4.74 Å². The molecule has 2 saturated carbocycles. The first-order valence-corrected chi connectivity index (χ1v) is 11.2. The fourth-order valence-electron chi connectivity index (χ4n) is 8.12. The molecule has 0 amide bonds. The van der Waals surface area contributed by atoms with E-state index < -0.39 is 0 Å². The Labute approximate surface area is 162 Å². The molecule has 0 aromatic carbocycles. The van der Waals surface area contributed by atoms with Crippen LogP contribution in [0.15, 0.2) is 23.3 Å². The van der Waals surface area contributed by atoms with E-state index in [0.29, 0.717) is 29.5 Å². The predicted octanol–water partition coefficient (Wildman–Crippen LogP) is 5.15. The van der Waals surface area contributed by atoms with Crippen molar-refractivity contribution in [3.63, 3.8) is 0 Å². The smallest absolute Gasteiger partial charge is 0.331 e. The summed E-state index contributed by atoms with van der Waals surface area (Å²) in [6, 6.07) is 0. The van der Waals surface area contributed by atoms with Crippen molar-refractivity contribution in [3.8, 4) is 0 Å². The predicted molar refractivity (Wildman–Crippen MR) is 104 cm³/mol. The van der Waals surface area contributed by atoms with E-state index in [-0.39, 0.29) is 17.0 Å². The van der Waals surface area contributed by atoms with E-state index in [0.717, 1.165) is 44.9 Å². The van der Waals surface area contributed by atoms with Gasteiger partial charge in [0.15, 0.2) is 0 Å². The molecular formula is C24H32O3. The normalized spacial score (nSPS) is 45.7. The average Bonchev–Trinajstić information content (AvgIpc) is 3.21. The number of hydrogen-bond donors (Lipinski definition) is 0. The van der Waals surface area contributed by atoms with Gasteiger partial charge in [0, 0.05) is 24.3 Å². The largest absolute Gasteiger partial charge is 0.451 e. The molecule has 0 unspecified atom stereocenters. The molecule has 5 rings (SSSR count). The minimum absolute atomic E-state index is 0.118. The molecule has 0 saturated heterocycles. The van der Waals surface area contributed by atoms with Gasteiger partial charge in [-0.3, -0.25) is 4.79 Å². The van der Waals surface area contributed by atoms with E-state index in [1.54, 1.807) is 11.6 Å². The maximum atomic E-state index is 12.1. The third-order valence-corrected chi connectivity index (χ3v) is 9.17. The highest BCUT2D eigenvalue weighted by atomic mass is 16.6. The van der Waals surface area contributed by atoms with Gasteiger partial charge in [0.25, 0.3) is 0 Å². The van der Waals surface area contributed by atoms with Crippen LogP contribution in [0.2, 0.25) is 0 Å². The lowest BCUT2D eigenvalue weighted by Crippen LogP contribution is -2.54. The summed E-state index contributed by atoms with van der Waals surface area (Å²) >= 11 is 0. The van der Waals surface area contributed by atoms with Crippen LogP contribution in [0.4, 0.5) is 0 Å². The number of fused-ring (bicyclic) bond motifs is 5. The fourth-order valence-corrected chi connectivity index (χ4v) is 8.12. The van der Waals surface area contributed by atoms with Gasteiger partial charge < -0.3 is 4.74 Å². The molecule has 5 aliphatic rings. The Hall–Kier alpha value is -1.38. The van der Waals surface area contributed by atoms with Gasteiger partial charge in [-0.15, -0.1) is 0 Å². The minimum Gasteiger partial charge on any atom is -0.451 e. The molecule has 3 nitrogen and oxygen atoms in total. The third-order valence-electron chi connectivity index (χ3n) is 9.17. The quantitative estimate of drug-likeness (QED) is 0.500. The van der Waals surface area contributed by atoms with Crippen molar-refractivity contribution in [2.45, 2.75) is 83.7 Å². The monoisotopic (exact) mass is 368 g/mol. The standard InChI is InChI=1S/C24H32O3/c1-3-15-13-16-14-17(25)5-6-18(16)19-7-10-23(4-2)20(22(15)19)8-11-24(23)12-9-21(26)27-24/h9,12,15,19-20,22H,3-8,10-11,13-14H2,1-2H3/t15-,19+,20-,22+,23-,24+/m0/s1. The van der Waals surface area contributed by atoms with Crippen LogP contribution in [-0.2, 0) is 14.3 Å². The van der Waals surface area contributed by atoms with Gasteiger partial charge in [-0.1, -0.05) is 31.4 Å². The molecule has 6 atom stereocenters. The number of Topliss-reactive ketones (excluding diaryl/α,β-unsaturated/α-hetero) is 1. The molecule has 27 heavy (non-hydrogen) atoms. The van der Waals surface area contributed by atoms with Crippen LogP contribution in [0.5, 0.6) is 0 Å². The molecule has 1 heterocycles. The van der Waals surface area contributed by atoms with Crippen LogP contribution < -0.4 is 0 Å². The van der Waals surface area contributed by atoms with Crippen molar-refractivity contribution in [2.75, 3.05) is 0 Å². The van der Waals surface area contributed by atoms with E-state index >= 15 is 0 Å². The van der Waals surface area contributed by atoms with Gasteiger partial charge in [-0.2, -0.15) is 0 Å². The van der Waals surface area contributed by atoms with Gasteiger partial charge in [-0.05, 0) is 74.7 Å². The van der Waals surface area contributed by atoms with E-state index in [9.17, 15) is 9.59 Å². The number of carbonyl (C=O) groups is 2. The third kappa shape index (κ3) is 2.26. The number of ketones is 1. The molecule has 0 aromatic heterocycles. The number of hydrogen-bond acceptors (Lipinski definition) is 3. The van der Waals surface area contributed by atoms with Crippen LogP contribution in [0, 0.1) is 29.1 Å². The van der Waals surface area contributed by atoms with Gasteiger partial charge in [-0.25, -0.2) is 4.79 Å². The van der Waals surface area contributed by atoms with Crippen molar-refractivity contribution in [1.29, 1.82) is 0 Å². The van der Waals surface area contributed by atoms with Crippen LogP contribution in [0.25, 0.3) is 0 Å². The zero-order chi connectivity index (χ0) is 18.8. The summed E-state index contributed by atoms with van der Waals surface area (Å²) in [5.41, 5.74) is 2.94. The molecule has 1 aliphatic heterocycles. The lowest BCUT2D eigenvalue weighted by atomic mass is 9.48. The number of esters is 1. The molecule has 0 radical (unpaired) electrons. The molecule has 3 heteroatoms. The Kier molecular flexibility index (Phi) is 3.97. The molecule has 1 spiro atoms. The summed E-state index contributed by atoms with van der Waals surface area (Å²) in [6.45, 7) is 4.65. The van der Waals surface area contributed by atoms with Crippen molar-refractivity contribution < 1.29 is 14.3 Å². The van der Waals surface area contributed by atoms with Gasteiger partial charge in [0.2, 0.25) is 0 Å². The Morgan fingerprint density at radius 2 is 2.00 bits per heavy atom. The molecular weight excluding hydrogens is 336 g/mol. The molecule has 0 aromatic rings. The SMILES string of the molecule is CC[C@H]1CC2=C(CCC(=O)C2)[C@H]2CC[C@@]3(CC)[C@@H](CC[C@@]34C=CC(=O)O4)[C@H]12. The van der Waals surface area contributed by atoms with Crippen LogP contribution >= 0.6 is 0 Å². The fraction of sp³-hybridized carbons (Fsp3) is 0.750. The second-order valence-electron chi connectivity index (χ2n) is 9.74. The van der Waals surface area contributed by atoms with Crippen molar-refractivity contribution >= 4 is 11.8 Å². The average molecular weight is 369 g/mol. The molecule has 146 valence electrons. The molecule has 0 N–H and O–H groups in total. The highest BCUT2D eigenvalue weighted by Gasteiger charge is 2.66. The maximum absolute atomic E-state index is 12.1. The number of ether oxygens (including phenoxy) is 1. The second kappa shape index (κ2) is 6.06. The Morgan fingerprint density at radius 1 is 1.15 bits per heavy atom. The van der Waals surface area contributed by atoms with Gasteiger partial charge in [0.05, 0.1) is 0 Å². The van der Waals surface area contributed by atoms with Crippen LogP contribution in [0.3, 0.4) is 0 Å². The second-order valence-corrected chi connectivity index (χ2v) is 9.74. The summed E-state index contributed by atoms with van der Waals surface area (Å²) in [6.07, 6.45) is 14.3. The lowest BCUT2D eigenvalue weighted by molar-refractivity contribution is -0.164. The van der Waals surface area contributed by atoms with Gasteiger partial charge in [0.1, 0.15) is 11.4 Å². The zero-order valence-corrected chi connectivity index (χ0v) is 16.8. The number of rotatable bonds is 2. The zero-order valence-electron chi connectivity index (χ0n) is 16.8. The summed E-state index contributed by atoms with van der Waals surface area (Å²) < 4.78 is 6.04. The van der Waals surface area contributed by atoms with Crippen LogP contribution in [0.1, 0.15) is 78.1 Å². The molecule has 4 aliphatic carbocycles. The summed E-state index contributed by atoms with van der Waals surface area (Å²) in [5.74, 6) is 3.02. The van der Waals surface area contributed by atoms with E-state index in [2.05, 4.69) is 19.9 Å². The summed E-state index contributed by atoms with van der Waals surface area (Å²) in [7, 11) is 0. The van der Waals surface area contributed by atoms with Gasteiger partial charge >= 0.3 is 5.97 Å². The Bertz CT molecular complexity index is 747. The number of carbonyl (C=O) groups excluding carboxylic acids is 2. The van der Waals surface area contributed by atoms with E-state index in [1.165, 1.54) is 24.8 Å². The van der Waals surface area contributed by atoms with E-state index in [1.807, 2.05) is 0 Å². The molecule has 2 fully saturated rings. The van der Waals surface area contributed by atoms with Crippen molar-refractivity contribution in [1.82, 2.24) is 0 Å². The number of allylic oxidation sites excluding steroid dienone is 2. The Balaban J connectivity index is 1.55. The summed E-state index contributed by atoms with van der Waals surface area (Å²) in [5, 5.41) is 0. The van der Waals surface area contributed by atoms with Crippen LogP contribution in [-0.4, -0.2) is 17.4 Å². The highest BCUT2D eigenvalue weighted by molar-refractivity contribution is 5.85. The maximum Gasteiger partial charge on any atom is 0.331 e. The van der Waals surface area contributed by atoms with Crippen molar-refractivity contribution in [3.05, 3.63) is 23.3 Å². The first-order chi connectivity index (χ1) is 13.0.